The molecule has 1 heterocycles. The van der Waals surface area contributed by atoms with Gasteiger partial charge in [0.05, 0.1) is 13.2 Å². The molecule has 15 heavy (non-hydrogen) atoms. The maximum Gasteiger partial charge on any atom is 0.261 e. The van der Waals surface area contributed by atoms with Gasteiger partial charge in [-0.3, -0.25) is 0 Å². The van der Waals surface area contributed by atoms with Crippen LogP contribution in [0.15, 0.2) is 0 Å². The SMILES string of the molecule is FC(F)COCCNCC1CCCOC1. The van der Waals surface area contributed by atoms with Crippen LogP contribution < -0.4 is 5.32 Å². The van der Waals surface area contributed by atoms with E-state index in [0.717, 1.165) is 26.2 Å². The second-order valence-electron chi connectivity index (χ2n) is 3.75. The summed E-state index contributed by atoms with van der Waals surface area (Å²) >= 11 is 0. The van der Waals surface area contributed by atoms with E-state index in [4.69, 9.17) is 9.47 Å². The molecule has 0 bridgehead atoms. The molecule has 1 aliphatic rings. The number of halogens is 2. The highest BCUT2D eigenvalue weighted by Gasteiger charge is 2.12. The number of ether oxygens (including phenoxy) is 2. The molecule has 5 heteroatoms. The number of hydrogen-bond acceptors (Lipinski definition) is 3. The molecule has 0 spiro atoms. The summed E-state index contributed by atoms with van der Waals surface area (Å²) in [7, 11) is 0. The minimum Gasteiger partial charge on any atom is -0.381 e. The third kappa shape index (κ3) is 6.76. The van der Waals surface area contributed by atoms with Crippen LogP contribution in [-0.4, -0.2) is 45.9 Å². The molecule has 1 atom stereocenters. The topological polar surface area (TPSA) is 30.5 Å². The van der Waals surface area contributed by atoms with E-state index in [0.29, 0.717) is 19.1 Å². The minimum absolute atomic E-state index is 0.345. The van der Waals surface area contributed by atoms with Crippen molar-refractivity contribution in [3.05, 3.63) is 0 Å². The fraction of sp³-hybridized carbons (Fsp3) is 1.00. The van der Waals surface area contributed by atoms with Gasteiger partial charge < -0.3 is 14.8 Å². The van der Waals surface area contributed by atoms with Gasteiger partial charge in [-0.15, -0.1) is 0 Å². The van der Waals surface area contributed by atoms with Crippen molar-refractivity contribution in [2.24, 2.45) is 5.92 Å². The number of nitrogens with one attached hydrogen (secondary N) is 1. The quantitative estimate of drug-likeness (QED) is 0.660. The van der Waals surface area contributed by atoms with Crippen LogP contribution in [0.1, 0.15) is 12.8 Å². The van der Waals surface area contributed by atoms with Gasteiger partial charge in [-0.05, 0) is 18.8 Å². The van der Waals surface area contributed by atoms with Crippen LogP contribution in [0, 0.1) is 5.92 Å². The molecule has 1 N–H and O–H groups in total. The highest BCUT2D eigenvalue weighted by Crippen LogP contribution is 2.11. The van der Waals surface area contributed by atoms with E-state index < -0.39 is 13.0 Å². The predicted molar refractivity (Wildman–Crippen MR) is 53.2 cm³/mol. The van der Waals surface area contributed by atoms with E-state index in [2.05, 4.69) is 5.32 Å². The third-order valence-electron chi connectivity index (χ3n) is 2.35. The first-order chi connectivity index (χ1) is 7.29. The highest BCUT2D eigenvalue weighted by molar-refractivity contribution is 4.65. The van der Waals surface area contributed by atoms with Crippen molar-refractivity contribution in [1.29, 1.82) is 0 Å². The van der Waals surface area contributed by atoms with Gasteiger partial charge in [-0.2, -0.15) is 0 Å². The average Bonchev–Trinajstić information content (AvgIpc) is 2.24. The van der Waals surface area contributed by atoms with Gasteiger partial charge in [0.15, 0.2) is 0 Å². The summed E-state index contributed by atoms with van der Waals surface area (Å²) in [6.45, 7) is 3.08. The van der Waals surface area contributed by atoms with Gasteiger partial charge in [0, 0.05) is 19.7 Å². The van der Waals surface area contributed by atoms with Crippen molar-refractivity contribution in [2.45, 2.75) is 19.3 Å². The van der Waals surface area contributed by atoms with Crippen LogP contribution in [0.5, 0.6) is 0 Å². The summed E-state index contributed by atoms with van der Waals surface area (Å²) in [6, 6.07) is 0. The Morgan fingerprint density at radius 1 is 1.47 bits per heavy atom. The number of alkyl halides is 2. The molecular formula is C10H19F2NO2. The number of hydrogen-bond donors (Lipinski definition) is 1. The van der Waals surface area contributed by atoms with E-state index >= 15 is 0 Å². The Hall–Kier alpha value is -0.260. The zero-order chi connectivity index (χ0) is 10.9. The first-order valence-corrected chi connectivity index (χ1v) is 5.43. The van der Waals surface area contributed by atoms with Gasteiger partial charge >= 0.3 is 0 Å². The summed E-state index contributed by atoms with van der Waals surface area (Å²) < 4.78 is 33.4. The molecule has 0 aromatic carbocycles. The molecule has 3 nitrogen and oxygen atoms in total. The van der Waals surface area contributed by atoms with Crippen molar-refractivity contribution >= 4 is 0 Å². The van der Waals surface area contributed by atoms with Crippen LogP contribution in [0.2, 0.25) is 0 Å². The zero-order valence-electron chi connectivity index (χ0n) is 8.88. The average molecular weight is 223 g/mol. The summed E-state index contributed by atoms with van der Waals surface area (Å²) in [5.74, 6) is 0.564. The molecular weight excluding hydrogens is 204 g/mol. The Bertz CT molecular complexity index is 152. The van der Waals surface area contributed by atoms with Crippen molar-refractivity contribution in [3.8, 4) is 0 Å². The van der Waals surface area contributed by atoms with E-state index in [1.807, 2.05) is 0 Å². The maximum atomic E-state index is 11.7. The van der Waals surface area contributed by atoms with Crippen LogP contribution in [-0.2, 0) is 9.47 Å². The summed E-state index contributed by atoms with van der Waals surface area (Å²) in [4.78, 5) is 0. The molecule has 1 unspecified atom stereocenters. The van der Waals surface area contributed by atoms with Gasteiger partial charge in [-0.25, -0.2) is 8.78 Å². The Balaban J connectivity index is 1.83. The molecule has 0 aliphatic carbocycles. The van der Waals surface area contributed by atoms with Gasteiger partial charge in [0.1, 0.15) is 6.61 Å². The third-order valence-corrected chi connectivity index (χ3v) is 2.35. The fourth-order valence-electron chi connectivity index (χ4n) is 1.59. The van der Waals surface area contributed by atoms with Crippen LogP contribution in [0.3, 0.4) is 0 Å². The van der Waals surface area contributed by atoms with Crippen molar-refractivity contribution < 1.29 is 18.3 Å². The second kappa shape index (κ2) is 7.96. The monoisotopic (exact) mass is 223 g/mol. The van der Waals surface area contributed by atoms with Crippen LogP contribution >= 0.6 is 0 Å². The molecule has 1 aliphatic heterocycles. The lowest BCUT2D eigenvalue weighted by Crippen LogP contribution is -2.31. The van der Waals surface area contributed by atoms with Crippen molar-refractivity contribution in [1.82, 2.24) is 5.32 Å². The lowest BCUT2D eigenvalue weighted by atomic mass is 10.0. The normalized spacial score (nSPS) is 22.2. The van der Waals surface area contributed by atoms with Crippen molar-refractivity contribution in [3.63, 3.8) is 0 Å². The first kappa shape index (κ1) is 12.8. The van der Waals surface area contributed by atoms with Gasteiger partial charge in [0.25, 0.3) is 6.43 Å². The Morgan fingerprint density at radius 3 is 3.00 bits per heavy atom. The molecule has 90 valence electrons. The standard InChI is InChI=1S/C10H19F2NO2/c11-10(12)8-15-5-3-13-6-9-2-1-4-14-7-9/h9-10,13H,1-8H2. The summed E-state index contributed by atoms with van der Waals surface area (Å²) in [6.07, 6.45) is -0.0594. The van der Waals surface area contributed by atoms with E-state index in [1.54, 1.807) is 0 Å². The lowest BCUT2D eigenvalue weighted by Gasteiger charge is -2.22. The molecule has 1 fully saturated rings. The summed E-state index contributed by atoms with van der Waals surface area (Å²) in [5, 5.41) is 3.18. The highest BCUT2D eigenvalue weighted by atomic mass is 19.3. The Labute approximate surface area is 89.1 Å². The Morgan fingerprint density at radius 2 is 2.33 bits per heavy atom. The first-order valence-electron chi connectivity index (χ1n) is 5.43. The summed E-state index contributed by atoms with van der Waals surface area (Å²) in [5.41, 5.74) is 0. The van der Waals surface area contributed by atoms with Crippen LogP contribution in [0.4, 0.5) is 8.78 Å². The molecule has 0 saturated carbocycles. The largest absolute Gasteiger partial charge is 0.381 e. The minimum atomic E-state index is -2.36. The number of rotatable bonds is 7. The van der Waals surface area contributed by atoms with Crippen molar-refractivity contribution in [2.75, 3.05) is 39.5 Å². The molecule has 0 amide bonds. The molecule has 1 rings (SSSR count). The molecule has 0 aromatic rings. The van der Waals surface area contributed by atoms with E-state index in [9.17, 15) is 8.78 Å². The molecule has 0 aromatic heterocycles. The van der Waals surface area contributed by atoms with E-state index in [1.165, 1.54) is 6.42 Å². The second-order valence-corrected chi connectivity index (χ2v) is 3.75. The molecule has 1 saturated heterocycles. The predicted octanol–water partition coefficient (Wildman–Crippen LogP) is 1.28. The maximum absolute atomic E-state index is 11.7. The van der Waals surface area contributed by atoms with Gasteiger partial charge in [0.2, 0.25) is 0 Å². The zero-order valence-corrected chi connectivity index (χ0v) is 8.88. The Kier molecular flexibility index (Phi) is 6.80. The molecule has 0 radical (unpaired) electrons. The smallest absolute Gasteiger partial charge is 0.261 e. The van der Waals surface area contributed by atoms with E-state index in [-0.39, 0.29) is 0 Å². The lowest BCUT2D eigenvalue weighted by molar-refractivity contribution is 0.0174. The van der Waals surface area contributed by atoms with Crippen LogP contribution in [0.25, 0.3) is 0 Å². The fourth-order valence-corrected chi connectivity index (χ4v) is 1.59. The van der Waals surface area contributed by atoms with Gasteiger partial charge in [-0.1, -0.05) is 0 Å².